The molecule has 0 fully saturated rings. The van der Waals surface area contributed by atoms with Gasteiger partial charge in [0.15, 0.2) is 0 Å². The largest absolute Gasteiger partial charge is 0.310 e. The zero-order chi connectivity index (χ0) is 31.5. The Kier molecular flexibility index (Phi) is 6.20. The molecule has 1 heterocycles. The molecule has 8 aromatic rings. The summed E-state index contributed by atoms with van der Waals surface area (Å²) in [5.41, 5.74) is 14.8. The maximum atomic E-state index is 2.40. The molecule has 9 rings (SSSR count). The quantitative estimate of drug-likeness (QED) is 0.190. The van der Waals surface area contributed by atoms with Crippen LogP contribution in [0.1, 0.15) is 25.0 Å². The summed E-state index contributed by atoms with van der Waals surface area (Å²) < 4.78 is 2.39. The molecule has 0 radical (unpaired) electrons. The lowest BCUT2D eigenvalue weighted by Crippen LogP contribution is -2.16. The summed E-state index contributed by atoms with van der Waals surface area (Å²) in [7, 11) is 0. The predicted octanol–water partition coefficient (Wildman–Crippen LogP) is 12.2. The lowest BCUT2D eigenvalue weighted by atomic mass is 9.82. The van der Waals surface area contributed by atoms with Crippen molar-refractivity contribution >= 4 is 38.9 Å². The van der Waals surface area contributed by atoms with Gasteiger partial charge in [-0.05, 0) is 94.0 Å². The van der Waals surface area contributed by atoms with Gasteiger partial charge in [-0.15, -0.1) is 0 Å². The SMILES string of the molecule is CC1(C)c2ccccc2-c2ccc(N(c3ccccc3)c3cccc(-c4ccc5c6ccccc6n(-c6ccccc6)c5c4)c3)cc21. The molecule has 2 heteroatoms. The van der Waals surface area contributed by atoms with Crippen molar-refractivity contribution in [2.75, 3.05) is 4.90 Å². The van der Waals surface area contributed by atoms with Crippen LogP contribution in [0.5, 0.6) is 0 Å². The Bertz CT molecular complexity index is 2430. The molecule has 47 heavy (non-hydrogen) atoms. The fourth-order valence-corrected chi connectivity index (χ4v) is 7.69. The molecular weight excluding hydrogens is 569 g/mol. The molecule has 7 aromatic carbocycles. The summed E-state index contributed by atoms with van der Waals surface area (Å²) in [4.78, 5) is 2.39. The van der Waals surface area contributed by atoms with Crippen molar-refractivity contribution in [3.8, 4) is 27.9 Å². The number of benzene rings is 7. The van der Waals surface area contributed by atoms with E-state index in [2.05, 4.69) is 193 Å². The maximum Gasteiger partial charge on any atom is 0.0547 e. The van der Waals surface area contributed by atoms with Crippen LogP contribution in [0, 0.1) is 0 Å². The molecule has 0 atom stereocenters. The lowest BCUT2D eigenvalue weighted by molar-refractivity contribution is 0.660. The Balaban J connectivity index is 1.20. The number of anilines is 3. The number of hydrogen-bond donors (Lipinski definition) is 0. The van der Waals surface area contributed by atoms with E-state index in [0.717, 1.165) is 17.1 Å². The molecule has 0 unspecified atom stereocenters. The highest BCUT2D eigenvalue weighted by Gasteiger charge is 2.35. The predicted molar refractivity (Wildman–Crippen MR) is 198 cm³/mol. The molecule has 1 aliphatic rings. The Morgan fingerprint density at radius 2 is 1.06 bits per heavy atom. The van der Waals surface area contributed by atoms with Crippen molar-refractivity contribution in [3.63, 3.8) is 0 Å². The van der Waals surface area contributed by atoms with Crippen LogP contribution in [0.2, 0.25) is 0 Å². The van der Waals surface area contributed by atoms with Crippen molar-refractivity contribution in [2.45, 2.75) is 19.3 Å². The summed E-state index contributed by atoms with van der Waals surface area (Å²) in [5, 5.41) is 2.53. The highest BCUT2D eigenvalue weighted by atomic mass is 15.1. The average molecular weight is 603 g/mol. The number of fused-ring (bicyclic) bond motifs is 6. The van der Waals surface area contributed by atoms with E-state index in [0.29, 0.717) is 0 Å². The van der Waals surface area contributed by atoms with Gasteiger partial charge in [0.25, 0.3) is 0 Å². The minimum absolute atomic E-state index is 0.0707. The second-order valence-electron chi connectivity index (χ2n) is 13.0. The first-order chi connectivity index (χ1) is 23.1. The highest BCUT2D eigenvalue weighted by Crippen LogP contribution is 2.50. The van der Waals surface area contributed by atoms with Gasteiger partial charge in [-0.1, -0.05) is 123 Å². The Labute approximate surface area is 275 Å². The van der Waals surface area contributed by atoms with Gasteiger partial charge in [0.2, 0.25) is 0 Å². The third-order valence-corrected chi connectivity index (χ3v) is 9.97. The zero-order valence-corrected chi connectivity index (χ0v) is 26.6. The summed E-state index contributed by atoms with van der Waals surface area (Å²) in [6, 6.07) is 61.8. The van der Waals surface area contributed by atoms with Crippen LogP contribution >= 0.6 is 0 Å². The smallest absolute Gasteiger partial charge is 0.0547 e. The van der Waals surface area contributed by atoms with E-state index in [-0.39, 0.29) is 5.41 Å². The van der Waals surface area contributed by atoms with Crippen LogP contribution in [-0.4, -0.2) is 4.57 Å². The normalized spacial score (nSPS) is 13.1. The van der Waals surface area contributed by atoms with Crippen LogP contribution in [0.15, 0.2) is 170 Å². The van der Waals surface area contributed by atoms with E-state index < -0.39 is 0 Å². The van der Waals surface area contributed by atoms with Crippen LogP contribution in [0.4, 0.5) is 17.1 Å². The van der Waals surface area contributed by atoms with Gasteiger partial charge in [-0.25, -0.2) is 0 Å². The van der Waals surface area contributed by atoms with Crippen molar-refractivity contribution in [1.82, 2.24) is 4.57 Å². The van der Waals surface area contributed by atoms with Crippen LogP contribution in [0.25, 0.3) is 49.7 Å². The minimum Gasteiger partial charge on any atom is -0.310 e. The fourth-order valence-electron chi connectivity index (χ4n) is 7.69. The number of rotatable bonds is 5. The zero-order valence-electron chi connectivity index (χ0n) is 26.6. The van der Waals surface area contributed by atoms with E-state index in [1.54, 1.807) is 0 Å². The Morgan fingerprint density at radius 1 is 0.426 bits per heavy atom. The van der Waals surface area contributed by atoms with E-state index in [9.17, 15) is 0 Å². The molecule has 0 N–H and O–H groups in total. The number of para-hydroxylation sites is 3. The molecule has 0 spiro atoms. The number of nitrogens with zero attached hydrogens (tertiary/aromatic N) is 2. The summed E-state index contributed by atoms with van der Waals surface area (Å²) in [6.07, 6.45) is 0. The third-order valence-electron chi connectivity index (χ3n) is 9.97. The highest BCUT2D eigenvalue weighted by molar-refractivity contribution is 6.10. The van der Waals surface area contributed by atoms with Gasteiger partial charge in [0, 0.05) is 38.9 Å². The summed E-state index contributed by atoms with van der Waals surface area (Å²) >= 11 is 0. The van der Waals surface area contributed by atoms with Gasteiger partial charge >= 0.3 is 0 Å². The molecule has 1 aliphatic carbocycles. The average Bonchev–Trinajstić information content (AvgIpc) is 3.57. The van der Waals surface area contributed by atoms with Gasteiger partial charge in [-0.3, -0.25) is 0 Å². The number of aromatic nitrogens is 1. The van der Waals surface area contributed by atoms with Crippen molar-refractivity contribution in [2.24, 2.45) is 0 Å². The molecule has 0 bridgehead atoms. The standard InChI is InChI=1S/C45H34N2/c1-45(2)41-22-11-9-20-37(41)38-27-25-36(30-42(38)45)46(33-15-5-3-6-16-33)35-19-13-14-31(28-35)32-24-26-40-39-21-10-12-23-43(39)47(44(40)29-32)34-17-7-4-8-18-34/h3-30H,1-2H3. The van der Waals surface area contributed by atoms with E-state index in [1.807, 2.05) is 0 Å². The van der Waals surface area contributed by atoms with Gasteiger partial charge in [0.05, 0.1) is 11.0 Å². The first kappa shape index (κ1) is 27.5. The fraction of sp³-hybridized carbons (Fsp3) is 0.0667. The van der Waals surface area contributed by atoms with Crippen LogP contribution in [-0.2, 0) is 5.41 Å². The lowest BCUT2D eigenvalue weighted by Gasteiger charge is -2.28. The summed E-state index contributed by atoms with van der Waals surface area (Å²) in [6.45, 7) is 4.69. The second kappa shape index (κ2) is 10.6. The third kappa shape index (κ3) is 4.33. The molecular formula is C45H34N2. The number of hydrogen-bond acceptors (Lipinski definition) is 1. The Hall–Kier alpha value is -5.86. The van der Waals surface area contributed by atoms with Gasteiger partial charge < -0.3 is 9.47 Å². The Morgan fingerprint density at radius 3 is 1.91 bits per heavy atom. The first-order valence-corrected chi connectivity index (χ1v) is 16.4. The topological polar surface area (TPSA) is 8.17 Å². The molecule has 0 amide bonds. The van der Waals surface area contributed by atoms with Gasteiger partial charge in [0.1, 0.15) is 0 Å². The molecule has 1 aromatic heterocycles. The van der Waals surface area contributed by atoms with E-state index in [1.165, 1.54) is 60.9 Å². The molecule has 2 nitrogen and oxygen atoms in total. The first-order valence-electron chi connectivity index (χ1n) is 16.4. The van der Waals surface area contributed by atoms with Crippen molar-refractivity contribution in [1.29, 1.82) is 0 Å². The molecule has 0 saturated carbocycles. The van der Waals surface area contributed by atoms with Crippen molar-refractivity contribution in [3.05, 3.63) is 181 Å². The summed E-state index contributed by atoms with van der Waals surface area (Å²) in [5.74, 6) is 0. The molecule has 224 valence electrons. The minimum atomic E-state index is -0.0707. The second-order valence-corrected chi connectivity index (χ2v) is 13.0. The van der Waals surface area contributed by atoms with E-state index >= 15 is 0 Å². The van der Waals surface area contributed by atoms with Crippen molar-refractivity contribution < 1.29 is 0 Å². The van der Waals surface area contributed by atoms with Crippen LogP contribution < -0.4 is 4.90 Å². The monoisotopic (exact) mass is 602 g/mol. The van der Waals surface area contributed by atoms with Gasteiger partial charge in [-0.2, -0.15) is 0 Å². The maximum absolute atomic E-state index is 2.40. The van der Waals surface area contributed by atoms with E-state index in [4.69, 9.17) is 0 Å². The van der Waals surface area contributed by atoms with Crippen LogP contribution in [0.3, 0.4) is 0 Å². The molecule has 0 aliphatic heterocycles. The molecule has 0 saturated heterocycles.